The van der Waals surface area contributed by atoms with Gasteiger partial charge in [-0.3, -0.25) is 4.68 Å². The zero-order valence-corrected chi connectivity index (χ0v) is 13.4. The van der Waals surface area contributed by atoms with Gasteiger partial charge in [-0.05, 0) is 36.9 Å². The Bertz CT molecular complexity index is 737. The highest BCUT2D eigenvalue weighted by molar-refractivity contribution is 7.19. The first kappa shape index (κ1) is 14.3. The highest BCUT2D eigenvalue weighted by Gasteiger charge is 2.27. The predicted octanol–water partition coefficient (Wildman–Crippen LogP) is 3.65. The van der Waals surface area contributed by atoms with Crippen LogP contribution in [0.5, 0.6) is 0 Å². The Morgan fingerprint density at radius 2 is 2.05 bits per heavy atom. The lowest BCUT2D eigenvalue weighted by atomic mass is 9.97. The molecular formula is C17H20N2OS. The molecule has 0 bridgehead atoms. The van der Waals surface area contributed by atoms with E-state index in [0.717, 1.165) is 22.7 Å². The molecule has 0 aliphatic heterocycles. The first-order valence-electron chi connectivity index (χ1n) is 7.23. The normalized spacial score (nSPS) is 14.5. The number of hydrogen-bond donors (Lipinski definition) is 1. The Morgan fingerprint density at radius 1 is 1.29 bits per heavy atom. The summed E-state index contributed by atoms with van der Waals surface area (Å²) in [4.78, 5) is 1.00. The summed E-state index contributed by atoms with van der Waals surface area (Å²) in [6, 6.07) is 12.4. The van der Waals surface area contributed by atoms with Gasteiger partial charge in [-0.25, -0.2) is 0 Å². The average Bonchev–Trinajstić information content (AvgIpc) is 3.03. The second kappa shape index (κ2) is 5.28. The maximum atomic E-state index is 10.9. The van der Waals surface area contributed by atoms with Crippen LogP contribution in [0.4, 0.5) is 0 Å². The third-order valence-electron chi connectivity index (χ3n) is 3.87. The number of hydrogen-bond acceptors (Lipinski definition) is 3. The Kier molecular flexibility index (Phi) is 3.59. The Morgan fingerprint density at radius 3 is 2.71 bits per heavy atom. The maximum absolute atomic E-state index is 10.9. The van der Waals surface area contributed by atoms with E-state index >= 15 is 0 Å². The molecule has 1 N–H and O–H groups in total. The van der Waals surface area contributed by atoms with Crippen LogP contribution in [-0.2, 0) is 25.5 Å². The van der Waals surface area contributed by atoms with E-state index in [1.54, 1.807) is 11.3 Å². The molecule has 1 aromatic carbocycles. The molecule has 3 nitrogen and oxygen atoms in total. The van der Waals surface area contributed by atoms with Gasteiger partial charge in [0.15, 0.2) is 0 Å². The molecule has 0 saturated heterocycles. The minimum absolute atomic E-state index is 0.573. The predicted molar refractivity (Wildman–Crippen MR) is 87.7 cm³/mol. The summed E-state index contributed by atoms with van der Waals surface area (Å²) in [5, 5.41) is 16.6. The SMILES string of the molecule is CCc1cc(CC(C)(O)c2cc3ccccc3s2)n(C)n1. The fourth-order valence-corrected chi connectivity index (χ4v) is 3.70. The van der Waals surface area contributed by atoms with Crippen molar-refractivity contribution < 1.29 is 5.11 Å². The molecule has 0 aliphatic carbocycles. The second-order valence-corrected chi connectivity index (χ2v) is 6.79. The van der Waals surface area contributed by atoms with Crippen LogP contribution in [0, 0.1) is 0 Å². The summed E-state index contributed by atoms with van der Waals surface area (Å²) in [6.45, 7) is 3.98. The molecule has 0 amide bonds. The first-order chi connectivity index (χ1) is 9.99. The van der Waals surface area contributed by atoms with Gasteiger partial charge in [0.1, 0.15) is 5.60 Å². The molecule has 0 aliphatic rings. The van der Waals surface area contributed by atoms with Crippen molar-refractivity contribution in [2.75, 3.05) is 0 Å². The topological polar surface area (TPSA) is 38.0 Å². The van der Waals surface area contributed by atoms with Crippen molar-refractivity contribution in [1.29, 1.82) is 0 Å². The number of aromatic nitrogens is 2. The summed E-state index contributed by atoms with van der Waals surface area (Å²) in [6.07, 6.45) is 1.49. The standard InChI is InChI=1S/C17H20N2OS/c1-4-13-10-14(19(3)18-13)11-17(2,20)16-9-12-7-5-6-8-15(12)21-16/h5-10,20H,4,11H2,1-3H3. The largest absolute Gasteiger partial charge is 0.384 e. The van der Waals surface area contributed by atoms with Crippen molar-refractivity contribution in [1.82, 2.24) is 9.78 Å². The second-order valence-electron chi connectivity index (χ2n) is 5.70. The molecule has 0 fully saturated rings. The molecule has 110 valence electrons. The molecule has 3 aromatic rings. The van der Waals surface area contributed by atoms with E-state index in [4.69, 9.17) is 0 Å². The Hall–Kier alpha value is -1.65. The number of nitrogens with zero attached hydrogens (tertiary/aromatic N) is 2. The summed E-state index contributed by atoms with van der Waals surface area (Å²) < 4.78 is 3.09. The van der Waals surface area contributed by atoms with Crippen molar-refractivity contribution in [3.05, 3.63) is 52.7 Å². The molecule has 2 heterocycles. The van der Waals surface area contributed by atoms with E-state index < -0.39 is 5.60 Å². The van der Waals surface area contributed by atoms with Crippen LogP contribution in [0.1, 0.15) is 30.1 Å². The lowest BCUT2D eigenvalue weighted by Gasteiger charge is -2.21. The van der Waals surface area contributed by atoms with Gasteiger partial charge >= 0.3 is 0 Å². The molecule has 0 spiro atoms. The number of thiophene rings is 1. The highest BCUT2D eigenvalue weighted by atomic mass is 32.1. The highest BCUT2D eigenvalue weighted by Crippen LogP contribution is 2.35. The minimum Gasteiger partial charge on any atom is -0.384 e. The summed E-state index contributed by atoms with van der Waals surface area (Å²) in [5.41, 5.74) is 1.26. The molecule has 3 rings (SSSR count). The van der Waals surface area contributed by atoms with E-state index in [-0.39, 0.29) is 0 Å². The number of aliphatic hydroxyl groups is 1. The van der Waals surface area contributed by atoms with Crippen LogP contribution in [0.3, 0.4) is 0 Å². The Balaban J connectivity index is 1.93. The molecular weight excluding hydrogens is 280 g/mol. The number of aryl methyl sites for hydroxylation is 2. The zero-order valence-electron chi connectivity index (χ0n) is 12.6. The van der Waals surface area contributed by atoms with Crippen LogP contribution in [0.15, 0.2) is 36.4 Å². The average molecular weight is 300 g/mol. The molecule has 1 unspecified atom stereocenters. The fraction of sp³-hybridized carbons (Fsp3) is 0.353. The van der Waals surface area contributed by atoms with Crippen molar-refractivity contribution >= 4 is 21.4 Å². The van der Waals surface area contributed by atoms with Crippen LogP contribution in [0.25, 0.3) is 10.1 Å². The van der Waals surface area contributed by atoms with E-state index in [9.17, 15) is 5.11 Å². The quantitative estimate of drug-likeness (QED) is 0.798. The summed E-state index contributed by atoms with van der Waals surface area (Å²) >= 11 is 1.66. The van der Waals surface area contributed by atoms with Gasteiger partial charge in [0.25, 0.3) is 0 Å². The van der Waals surface area contributed by atoms with Crippen molar-refractivity contribution in [3.63, 3.8) is 0 Å². The van der Waals surface area contributed by atoms with E-state index in [2.05, 4.69) is 36.3 Å². The van der Waals surface area contributed by atoms with E-state index in [1.165, 1.54) is 10.1 Å². The van der Waals surface area contributed by atoms with Gasteiger partial charge in [0.2, 0.25) is 0 Å². The zero-order chi connectivity index (χ0) is 15.0. The van der Waals surface area contributed by atoms with Gasteiger partial charge in [-0.2, -0.15) is 5.10 Å². The number of benzene rings is 1. The molecule has 0 saturated carbocycles. The lowest BCUT2D eigenvalue weighted by Crippen LogP contribution is -2.24. The van der Waals surface area contributed by atoms with Crippen LogP contribution >= 0.6 is 11.3 Å². The molecule has 4 heteroatoms. The van der Waals surface area contributed by atoms with Gasteiger partial charge in [-0.15, -0.1) is 11.3 Å². The van der Waals surface area contributed by atoms with Crippen LogP contribution in [-0.4, -0.2) is 14.9 Å². The van der Waals surface area contributed by atoms with Crippen LogP contribution in [0.2, 0.25) is 0 Å². The third-order valence-corrected chi connectivity index (χ3v) is 5.24. The monoisotopic (exact) mass is 300 g/mol. The van der Waals surface area contributed by atoms with Crippen LogP contribution < -0.4 is 0 Å². The smallest absolute Gasteiger partial charge is 0.101 e. The molecule has 21 heavy (non-hydrogen) atoms. The van der Waals surface area contributed by atoms with Gasteiger partial charge in [0.05, 0.1) is 5.69 Å². The lowest BCUT2D eigenvalue weighted by molar-refractivity contribution is 0.0595. The van der Waals surface area contributed by atoms with Gasteiger partial charge in [-0.1, -0.05) is 25.1 Å². The fourth-order valence-electron chi connectivity index (χ4n) is 2.60. The minimum atomic E-state index is -0.873. The van der Waals surface area contributed by atoms with Gasteiger partial charge in [0, 0.05) is 28.7 Å². The summed E-state index contributed by atoms with van der Waals surface area (Å²) in [7, 11) is 1.94. The van der Waals surface area contributed by atoms with E-state index in [1.807, 2.05) is 30.8 Å². The van der Waals surface area contributed by atoms with E-state index in [0.29, 0.717) is 6.42 Å². The first-order valence-corrected chi connectivity index (χ1v) is 8.04. The number of fused-ring (bicyclic) bond motifs is 1. The maximum Gasteiger partial charge on any atom is 0.101 e. The Labute approximate surface area is 128 Å². The molecule has 1 atom stereocenters. The number of rotatable bonds is 4. The van der Waals surface area contributed by atoms with Gasteiger partial charge < -0.3 is 5.11 Å². The third kappa shape index (κ3) is 2.74. The van der Waals surface area contributed by atoms with Crippen molar-refractivity contribution in [2.45, 2.75) is 32.3 Å². The molecule has 0 radical (unpaired) electrons. The molecule has 2 aromatic heterocycles. The van der Waals surface area contributed by atoms with Crippen molar-refractivity contribution in [2.24, 2.45) is 7.05 Å². The van der Waals surface area contributed by atoms with Crippen molar-refractivity contribution in [3.8, 4) is 0 Å². The summed E-state index contributed by atoms with van der Waals surface area (Å²) in [5.74, 6) is 0.